The van der Waals surface area contributed by atoms with Crippen molar-refractivity contribution in [3.8, 4) is 5.88 Å². The number of hydrogen-bond acceptors (Lipinski definition) is 4. The first-order chi connectivity index (χ1) is 17.0. The first kappa shape index (κ1) is 25.0. The van der Waals surface area contributed by atoms with Gasteiger partial charge in [0.15, 0.2) is 5.56 Å². The number of aryl methyl sites for hydroxylation is 1. The summed E-state index contributed by atoms with van der Waals surface area (Å²) in [5, 5.41) is 10.9. The Balaban J connectivity index is 1.78. The molecule has 1 aromatic carbocycles. The summed E-state index contributed by atoms with van der Waals surface area (Å²) < 4.78 is 1.67. The van der Waals surface area contributed by atoms with Crippen LogP contribution in [0.3, 0.4) is 0 Å². The summed E-state index contributed by atoms with van der Waals surface area (Å²) in [6, 6.07) is 10.1. The monoisotopic (exact) mass is 475 g/mol. The number of aromatic hydroxyl groups is 1. The summed E-state index contributed by atoms with van der Waals surface area (Å²) in [5.41, 5.74) is 2.59. The molecule has 6 heteroatoms. The SMILES string of the molecule is CCCCc1nc(O)c(C(=O)N2CC[C@H](c3ccccc3)C2)c(=O)n1C1=C(CC)C=CCC1CC. The third-order valence-corrected chi connectivity index (χ3v) is 7.42. The molecule has 2 aliphatic rings. The fourth-order valence-electron chi connectivity index (χ4n) is 5.41. The molecule has 1 aromatic heterocycles. The number of carbonyl (C=O) groups excluding carboxylic acids is 1. The number of nitrogens with zero attached hydrogens (tertiary/aromatic N) is 3. The van der Waals surface area contributed by atoms with E-state index in [9.17, 15) is 14.7 Å². The summed E-state index contributed by atoms with van der Waals surface area (Å²) in [6.07, 6.45) is 10.00. The smallest absolute Gasteiger partial charge is 0.274 e. The van der Waals surface area contributed by atoms with Gasteiger partial charge in [-0.25, -0.2) is 0 Å². The molecule has 2 heterocycles. The average Bonchev–Trinajstić information content (AvgIpc) is 3.38. The predicted molar refractivity (Wildman–Crippen MR) is 140 cm³/mol. The lowest BCUT2D eigenvalue weighted by Crippen LogP contribution is -2.38. The molecule has 6 nitrogen and oxygen atoms in total. The second-order valence-electron chi connectivity index (χ2n) is 9.63. The van der Waals surface area contributed by atoms with Crippen LogP contribution in [0.25, 0.3) is 5.70 Å². The number of benzene rings is 1. The van der Waals surface area contributed by atoms with Crippen LogP contribution in [0.15, 0.2) is 52.9 Å². The molecule has 1 unspecified atom stereocenters. The van der Waals surface area contributed by atoms with Gasteiger partial charge in [-0.3, -0.25) is 14.2 Å². The quantitative estimate of drug-likeness (QED) is 0.545. The highest BCUT2D eigenvalue weighted by Gasteiger charge is 2.34. The maximum atomic E-state index is 14.0. The zero-order valence-electron chi connectivity index (χ0n) is 21.2. The van der Waals surface area contributed by atoms with Crippen molar-refractivity contribution in [3.05, 3.63) is 75.4 Å². The minimum atomic E-state index is -0.441. The standard InChI is InChI=1S/C29H37N3O3/c1-4-7-16-24-30-27(33)25(28(34)31-18-17-23(19-31)22-12-9-8-10-13-22)29(35)32(24)26-20(5-2)14-11-15-21(26)6-3/h8-14,21,23,33H,4-7,15-19H2,1-3H3/t21?,23-/m0/s1. The van der Waals surface area contributed by atoms with Crippen LogP contribution in [0.4, 0.5) is 0 Å². The highest BCUT2D eigenvalue weighted by molar-refractivity contribution is 5.96. The van der Waals surface area contributed by atoms with Crippen molar-refractivity contribution in [2.45, 2.75) is 71.6 Å². The zero-order valence-corrected chi connectivity index (χ0v) is 21.2. The lowest BCUT2D eigenvalue weighted by atomic mass is 9.88. The Kier molecular flexibility index (Phi) is 7.89. The molecule has 0 saturated carbocycles. The van der Waals surface area contributed by atoms with E-state index in [1.807, 2.05) is 18.2 Å². The highest BCUT2D eigenvalue weighted by atomic mass is 16.3. The van der Waals surface area contributed by atoms with E-state index in [4.69, 9.17) is 0 Å². The maximum absolute atomic E-state index is 14.0. The van der Waals surface area contributed by atoms with Gasteiger partial charge in [0.25, 0.3) is 11.5 Å². The summed E-state index contributed by atoms with van der Waals surface area (Å²) in [7, 11) is 0. The van der Waals surface area contributed by atoms with Crippen molar-refractivity contribution < 1.29 is 9.90 Å². The second-order valence-corrected chi connectivity index (χ2v) is 9.63. The molecule has 1 aliphatic heterocycles. The van der Waals surface area contributed by atoms with Gasteiger partial charge in [-0.05, 0) is 43.2 Å². The van der Waals surface area contributed by atoms with Gasteiger partial charge in [0.1, 0.15) is 5.82 Å². The molecular formula is C29H37N3O3. The minimum Gasteiger partial charge on any atom is -0.493 e. The fourth-order valence-corrected chi connectivity index (χ4v) is 5.41. The predicted octanol–water partition coefficient (Wildman–Crippen LogP) is 5.53. The largest absolute Gasteiger partial charge is 0.493 e. The molecule has 1 fully saturated rings. The first-order valence-corrected chi connectivity index (χ1v) is 13.1. The third kappa shape index (κ3) is 4.97. The van der Waals surface area contributed by atoms with Crippen LogP contribution < -0.4 is 5.56 Å². The Morgan fingerprint density at radius 2 is 1.94 bits per heavy atom. The lowest BCUT2D eigenvalue weighted by Gasteiger charge is -2.28. The van der Waals surface area contributed by atoms with Gasteiger partial charge >= 0.3 is 0 Å². The molecule has 1 saturated heterocycles. The Labute approximate surface area is 208 Å². The van der Waals surface area contributed by atoms with Crippen molar-refractivity contribution in [1.29, 1.82) is 0 Å². The van der Waals surface area contributed by atoms with Crippen LogP contribution in [-0.2, 0) is 6.42 Å². The molecular weight excluding hydrogens is 438 g/mol. The Hall–Kier alpha value is -3.15. The number of unbranched alkanes of at least 4 members (excludes halogenated alkanes) is 1. The third-order valence-electron chi connectivity index (χ3n) is 7.42. The summed E-state index contributed by atoms with van der Waals surface area (Å²) in [5.74, 6) is 0.0836. The van der Waals surface area contributed by atoms with E-state index < -0.39 is 17.3 Å². The van der Waals surface area contributed by atoms with E-state index in [-0.39, 0.29) is 17.4 Å². The molecule has 1 N–H and O–H groups in total. The first-order valence-electron chi connectivity index (χ1n) is 13.1. The maximum Gasteiger partial charge on any atom is 0.274 e. The Morgan fingerprint density at radius 1 is 1.17 bits per heavy atom. The number of likely N-dealkylation sites (tertiary alicyclic amines) is 1. The van der Waals surface area contributed by atoms with Gasteiger partial charge in [0.2, 0.25) is 5.88 Å². The van der Waals surface area contributed by atoms with E-state index in [0.29, 0.717) is 25.3 Å². The topological polar surface area (TPSA) is 75.4 Å². The van der Waals surface area contributed by atoms with E-state index >= 15 is 0 Å². The van der Waals surface area contributed by atoms with Crippen LogP contribution in [0.5, 0.6) is 5.88 Å². The number of hydrogen-bond donors (Lipinski definition) is 1. The van der Waals surface area contributed by atoms with Gasteiger partial charge < -0.3 is 10.0 Å². The summed E-state index contributed by atoms with van der Waals surface area (Å²) in [6.45, 7) is 7.39. The van der Waals surface area contributed by atoms with E-state index in [0.717, 1.165) is 49.8 Å². The molecule has 186 valence electrons. The highest BCUT2D eigenvalue weighted by Crippen LogP contribution is 2.34. The van der Waals surface area contributed by atoms with Crippen molar-refractivity contribution in [1.82, 2.24) is 14.5 Å². The summed E-state index contributed by atoms with van der Waals surface area (Å²) in [4.78, 5) is 33.8. The van der Waals surface area contributed by atoms with Gasteiger partial charge in [-0.15, -0.1) is 0 Å². The van der Waals surface area contributed by atoms with E-state index in [2.05, 4.69) is 50.0 Å². The van der Waals surface area contributed by atoms with Crippen molar-refractivity contribution in [3.63, 3.8) is 0 Å². The molecule has 0 radical (unpaired) electrons. The van der Waals surface area contributed by atoms with Gasteiger partial charge in [0.05, 0.1) is 0 Å². The molecule has 4 rings (SSSR count). The summed E-state index contributed by atoms with van der Waals surface area (Å²) >= 11 is 0. The van der Waals surface area contributed by atoms with Crippen LogP contribution in [-0.4, -0.2) is 38.6 Å². The molecule has 1 amide bonds. The number of allylic oxidation sites excluding steroid dienone is 4. The van der Waals surface area contributed by atoms with Gasteiger partial charge in [-0.1, -0.05) is 69.7 Å². The van der Waals surface area contributed by atoms with Crippen LogP contribution in [0, 0.1) is 5.92 Å². The van der Waals surface area contributed by atoms with Gasteiger partial charge in [0, 0.05) is 37.0 Å². The van der Waals surface area contributed by atoms with E-state index in [1.165, 1.54) is 5.56 Å². The number of aromatic nitrogens is 2. The van der Waals surface area contributed by atoms with Crippen molar-refractivity contribution in [2.24, 2.45) is 5.92 Å². The molecule has 0 bridgehead atoms. The number of amides is 1. The molecule has 35 heavy (non-hydrogen) atoms. The van der Waals surface area contributed by atoms with Gasteiger partial charge in [-0.2, -0.15) is 4.98 Å². The molecule has 0 spiro atoms. The lowest BCUT2D eigenvalue weighted by molar-refractivity contribution is 0.0784. The van der Waals surface area contributed by atoms with Crippen molar-refractivity contribution >= 4 is 11.6 Å². The molecule has 2 aromatic rings. The van der Waals surface area contributed by atoms with Crippen molar-refractivity contribution in [2.75, 3.05) is 13.1 Å². The normalized spacial score (nSPS) is 20.0. The minimum absolute atomic E-state index is 0.177. The van der Waals surface area contributed by atoms with Crippen LogP contribution >= 0.6 is 0 Å². The van der Waals surface area contributed by atoms with Crippen LogP contribution in [0.1, 0.15) is 87.0 Å². The fraction of sp³-hybridized carbons (Fsp3) is 0.483. The Morgan fingerprint density at radius 3 is 2.63 bits per heavy atom. The Bertz CT molecular complexity index is 1180. The second kappa shape index (κ2) is 11.1. The molecule has 2 atom stereocenters. The number of carbonyl (C=O) groups is 1. The average molecular weight is 476 g/mol. The zero-order chi connectivity index (χ0) is 24.9. The number of rotatable bonds is 8. The van der Waals surface area contributed by atoms with Crippen LogP contribution in [0.2, 0.25) is 0 Å². The molecule has 1 aliphatic carbocycles. The van der Waals surface area contributed by atoms with E-state index in [1.54, 1.807) is 9.47 Å².